The van der Waals surface area contributed by atoms with Crippen LogP contribution in [0.1, 0.15) is 26.7 Å². The summed E-state index contributed by atoms with van der Waals surface area (Å²) in [6.45, 7) is 5.23. The van der Waals surface area contributed by atoms with Crippen molar-refractivity contribution < 1.29 is 13.5 Å². The van der Waals surface area contributed by atoms with Gasteiger partial charge in [0.05, 0.1) is 18.5 Å². The summed E-state index contributed by atoms with van der Waals surface area (Å²) >= 11 is 0. The second-order valence-corrected chi connectivity index (χ2v) is 7.26. The minimum atomic E-state index is -3.57. The summed E-state index contributed by atoms with van der Waals surface area (Å²) in [5.74, 6) is 0.422. The Hall–Kier alpha value is -1.25. The average Bonchev–Trinajstić information content (AvgIpc) is 2.96. The highest BCUT2D eigenvalue weighted by Gasteiger charge is 2.34. The molecule has 2 unspecified atom stereocenters. The maximum absolute atomic E-state index is 12.5. The van der Waals surface area contributed by atoms with Gasteiger partial charge in [-0.05, 0) is 25.7 Å². The quantitative estimate of drug-likeness (QED) is 0.802. The summed E-state index contributed by atoms with van der Waals surface area (Å²) in [5.41, 5.74) is 0. The molecule has 1 aliphatic heterocycles. The minimum Gasteiger partial charge on any atom is -0.393 e. The molecule has 1 aromatic rings. The average molecular weight is 314 g/mol. The Labute approximate surface area is 125 Å². The molecule has 1 fully saturated rings. The molecule has 8 heteroatoms. The largest absolute Gasteiger partial charge is 0.393 e. The second-order valence-electron chi connectivity index (χ2n) is 5.32. The standard InChI is InChI=1S/C13H22N4O3S/c1-3-5-14-13-15-7-12(8-16-13)21(19,20)17-6-4-11(9-17)10(2)18/h7-8,10-11,18H,3-6,9H2,1-2H3,(H,14,15,16). The lowest BCUT2D eigenvalue weighted by atomic mass is 10.0. The van der Waals surface area contributed by atoms with Crippen LogP contribution in [0.2, 0.25) is 0 Å². The van der Waals surface area contributed by atoms with Gasteiger partial charge >= 0.3 is 0 Å². The zero-order valence-electron chi connectivity index (χ0n) is 12.4. The van der Waals surface area contributed by atoms with Crippen molar-refractivity contribution >= 4 is 16.0 Å². The van der Waals surface area contributed by atoms with E-state index in [9.17, 15) is 13.5 Å². The smallest absolute Gasteiger partial charge is 0.246 e. The van der Waals surface area contributed by atoms with Crippen LogP contribution < -0.4 is 5.32 Å². The van der Waals surface area contributed by atoms with E-state index in [0.717, 1.165) is 13.0 Å². The number of aliphatic hydroxyl groups excluding tert-OH is 1. The molecule has 21 heavy (non-hydrogen) atoms. The van der Waals surface area contributed by atoms with Crippen molar-refractivity contribution in [1.82, 2.24) is 14.3 Å². The van der Waals surface area contributed by atoms with Crippen LogP contribution in [0, 0.1) is 5.92 Å². The molecule has 1 aliphatic rings. The molecule has 0 saturated carbocycles. The van der Waals surface area contributed by atoms with E-state index >= 15 is 0 Å². The number of rotatable bonds is 6. The van der Waals surface area contributed by atoms with Crippen molar-refractivity contribution in [3.05, 3.63) is 12.4 Å². The van der Waals surface area contributed by atoms with E-state index in [-0.39, 0.29) is 10.8 Å². The molecule has 2 atom stereocenters. The number of sulfonamides is 1. The predicted molar refractivity (Wildman–Crippen MR) is 79.4 cm³/mol. The summed E-state index contributed by atoms with van der Waals surface area (Å²) < 4.78 is 26.3. The van der Waals surface area contributed by atoms with Crippen molar-refractivity contribution in [2.45, 2.75) is 37.7 Å². The molecule has 1 aromatic heterocycles. The van der Waals surface area contributed by atoms with Crippen molar-refractivity contribution in [2.75, 3.05) is 25.0 Å². The van der Waals surface area contributed by atoms with Gasteiger partial charge in [0.1, 0.15) is 4.90 Å². The molecule has 0 aliphatic carbocycles. The van der Waals surface area contributed by atoms with E-state index in [1.807, 2.05) is 6.92 Å². The van der Waals surface area contributed by atoms with E-state index in [1.54, 1.807) is 6.92 Å². The van der Waals surface area contributed by atoms with Crippen LogP contribution in [0.5, 0.6) is 0 Å². The lowest BCUT2D eigenvalue weighted by Gasteiger charge is -2.17. The first kappa shape index (κ1) is 16.1. The molecule has 2 N–H and O–H groups in total. The van der Waals surface area contributed by atoms with Crippen LogP contribution in [0.15, 0.2) is 17.3 Å². The minimum absolute atomic E-state index is 0.00816. The Morgan fingerprint density at radius 1 is 1.48 bits per heavy atom. The van der Waals surface area contributed by atoms with Gasteiger partial charge in [-0.15, -0.1) is 0 Å². The molecule has 0 aromatic carbocycles. The van der Waals surface area contributed by atoms with Gasteiger partial charge in [0.2, 0.25) is 16.0 Å². The summed E-state index contributed by atoms with van der Waals surface area (Å²) in [5, 5.41) is 12.6. The highest BCUT2D eigenvalue weighted by Crippen LogP contribution is 2.25. The second kappa shape index (κ2) is 6.67. The highest BCUT2D eigenvalue weighted by atomic mass is 32.2. The zero-order chi connectivity index (χ0) is 15.5. The first-order valence-corrected chi connectivity index (χ1v) is 8.63. The molecular formula is C13H22N4O3S. The summed E-state index contributed by atoms with van der Waals surface area (Å²) in [6, 6.07) is 0. The number of aromatic nitrogens is 2. The summed E-state index contributed by atoms with van der Waals surface area (Å²) in [4.78, 5) is 8.15. The van der Waals surface area contributed by atoms with Crippen molar-refractivity contribution in [2.24, 2.45) is 5.92 Å². The number of nitrogens with zero attached hydrogens (tertiary/aromatic N) is 3. The Kier molecular flexibility index (Phi) is 5.13. The molecule has 2 rings (SSSR count). The van der Waals surface area contributed by atoms with Crippen LogP contribution in [-0.2, 0) is 10.0 Å². The fourth-order valence-corrected chi connectivity index (χ4v) is 3.70. The Morgan fingerprint density at radius 3 is 2.67 bits per heavy atom. The van der Waals surface area contributed by atoms with Crippen LogP contribution in [-0.4, -0.2) is 53.5 Å². The lowest BCUT2D eigenvalue weighted by molar-refractivity contribution is 0.133. The number of nitrogens with one attached hydrogen (secondary N) is 1. The summed E-state index contributed by atoms with van der Waals surface area (Å²) in [6.07, 6.45) is 3.78. The number of anilines is 1. The molecule has 7 nitrogen and oxygen atoms in total. The first-order chi connectivity index (χ1) is 9.95. The molecular weight excluding hydrogens is 292 g/mol. The topological polar surface area (TPSA) is 95.4 Å². The number of hydrogen-bond donors (Lipinski definition) is 2. The van der Waals surface area contributed by atoms with E-state index in [0.29, 0.717) is 25.5 Å². The number of aliphatic hydroxyl groups is 1. The molecule has 0 amide bonds. The van der Waals surface area contributed by atoms with Crippen molar-refractivity contribution in [3.63, 3.8) is 0 Å². The Balaban J connectivity index is 2.09. The Morgan fingerprint density at radius 2 is 2.14 bits per heavy atom. The van der Waals surface area contributed by atoms with Gasteiger partial charge in [0.25, 0.3) is 0 Å². The normalized spacial score (nSPS) is 21.4. The van der Waals surface area contributed by atoms with Gasteiger partial charge in [-0.2, -0.15) is 4.31 Å². The molecule has 0 radical (unpaired) electrons. The fourth-order valence-electron chi connectivity index (χ4n) is 2.29. The third-order valence-electron chi connectivity index (χ3n) is 3.67. The predicted octanol–water partition coefficient (Wildman–Crippen LogP) is 0.690. The molecule has 0 spiro atoms. The molecule has 0 bridgehead atoms. The van der Waals surface area contributed by atoms with Gasteiger partial charge < -0.3 is 10.4 Å². The first-order valence-electron chi connectivity index (χ1n) is 7.19. The van der Waals surface area contributed by atoms with Crippen LogP contribution in [0.25, 0.3) is 0 Å². The van der Waals surface area contributed by atoms with Crippen LogP contribution in [0.3, 0.4) is 0 Å². The van der Waals surface area contributed by atoms with E-state index in [1.165, 1.54) is 16.7 Å². The van der Waals surface area contributed by atoms with Crippen LogP contribution in [0.4, 0.5) is 5.95 Å². The van der Waals surface area contributed by atoms with Gasteiger partial charge in [-0.25, -0.2) is 18.4 Å². The summed E-state index contributed by atoms with van der Waals surface area (Å²) in [7, 11) is -3.57. The van der Waals surface area contributed by atoms with Crippen LogP contribution >= 0.6 is 0 Å². The Bertz CT molecular complexity index is 559. The maximum atomic E-state index is 12.5. The SMILES string of the molecule is CCCNc1ncc(S(=O)(=O)N2CCC(C(C)O)C2)cn1. The van der Waals surface area contributed by atoms with E-state index < -0.39 is 16.1 Å². The maximum Gasteiger partial charge on any atom is 0.246 e. The molecule has 2 heterocycles. The van der Waals surface area contributed by atoms with E-state index in [2.05, 4.69) is 15.3 Å². The van der Waals surface area contributed by atoms with Gasteiger partial charge in [-0.1, -0.05) is 6.92 Å². The third-order valence-corrected chi connectivity index (χ3v) is 5.49. The third kappa shape index (κ3) is 3.69. The monoisotopic (exact) mass is 314 g/mol. The van der Waals surface area contributed by atoms with Gasteiger partial charge in [-0.3, -0.25) is 0 Å². The van der Waals surface area contributed by atoms with Gasteiger partial charge in [0, 0.05) is 19.6 Å². The fraction of sp³-hybridized carbons (Fsp3) is 0.692. The van der Waals surface area contributed by atoms with Crippen molar-refractivity contribution in [1.29, 1.82) is 0 Å². The number of hydrogen-bond acceptors (Lipinski definition) is 6. The molecule has 1 saturated heterocycles. The van der Waals surface area contributed by atoms with E-state index in [4.69, 9.17) is 0 Å². The highest BCUT2D eigenvalue weighted by molar-refractivity contribution is 7.89. The van der Waals surface area contributed by atoms with Crippen molar-refractivity contribution in [3.8, 4) is 0 Å². The van der Waals surface area contributed by atoms with Gasteiger partial charge in [0.15, 0.2) is 0 Å². The molecule has 118 valence electrons. The zero-order valence-corrected chi connectivity index (χ0v) is 13.2. The lowest BCUT2D eigenvalue weighted by Crippen LogP contribution is -2.30.